The second kappa shape index (κ2) is 5.98. The molecule has 4 nitrogen and oxygen atoms in total. The average molecular weight is 384 g/mol. The summed E-state index contributed by atoms with van der Waals surface area (Å²) in [4.78, 5) is 8.37. The molecule has 0 atom stereocenters. The van der Waals surface area contributed by atoms with E-state index in [4.69, 9.17) is 16.6 Å². The number of aliphatic hydroxyl groups is 1. The van der Waals surface area contributed by atoms with Gasteiger partial charge in [-0.25, -0.2) is 4.98 Å². The van der Waals surface area contributed by atoms with Crippen molar-refractivity contribution in [2.45, 2.75) is 18.4 Å². The van der Waals surface area contributed by atoms with Crippen LogP contribution in [0.5, 0.6) is 0 Å². The molecule has 5 rings (SSSR count). The fraction of sp³-hybridized carbons (Fsp3) is 0.250. The van der Waals surface area contributed by atoms with E-state index in [0.717, 1.165) is 35.5 Å². The first-order valence-corrected chi connectivity index (χ1v) is 9.97. The lowest BCUT2D eigenvalue weighted by Gasteiger charge is -2.39. The fourth-order valence-electron chi connectivity index (χ4n) is 3.84. The van der Waals surface area contributed by atoms with E-state index < -0.39 is 5.60 Å². The van der Waals surface area contributed by atoms with Gasteiger partial charge in [-0.15, -0.1) is 11.3 Å². The van der Waals surface area contributed by atoms with Crippen molar-refractivity contribution < 1.29 is 5.11 Å². The molecule has 1 aliphatic heterocycles. The molecular formula is C20H18ClN3OS. The van der Waals surface area contributed by atoms with Crippen LogP contribution >= 0.6 is 22.9 Å². The minimum absolute atomic E-state index is 0.671. The molecule has 6 heteroatoms. The number of piperidine rings is 1. The van der Waals surface area contributed by atoms with Gasteiger partial charge in [0.2, 0.25) is 0 Å². The van der Waals surface area contributed by atoms with Crippen molar-refractivity contribution in [3.8, 4) is 0 Å². The predicted molar refractivity (Wildman–Crippen MR) is 107 cm³/mol. The van der Waals surface area contributed by atoms with Crippen molar-refractivity contribution >= 4 is 44.6 Å². The lowest BCUT2D eigenvalue weighted by molar-refractivity contribution is 0.0117. The van der Waals surface area contributed by atoms with Crippen LogP contribution < -0.4 is 4.90 Å². The molecular weight excluding hydrogens is 366 g/mol. The summed E-state index contributed by atoms with van der Waals surface area (Å²) in [5, 5.41) is 13.9. The lowest BCUT2D eigenvalue weighted by Crippen LogP contribution is -2.43. The van der Waals surface area contributed by atoms with E-state index in [1.807, 2.05) is 24.3 Å². The van der Waals surface area contributed by atoms with E-state index in [0.29, 0.717) is 17.9 Å². The summed E-state index contributed by atoms with van der Waals surface area (Å²) in [7, 11) is 0. The monoisotopic (exact) mass is 383 g/mol. The molecule has 1 N–H and O–H groups in total. The van der Waals surface area contributed by atoms with Crippen LogP contribution in [-0.4, -0.2) is 27.6 Å². The Morgan fingerprint density at radius 1 is 1.08 bits per heavy atom. The van der Waals surface area contributed by atoms with E-state index in [2.05, 4.69) is 39.1 Å². The zero-order valence-electron chi connectivity index (χ0n) is 14.1. The summed E-state index contributed by atoms with van der Waals surface area (Å²) < 4.78 is 2.21. The van der Waals surface area contributed by atoms with E-state index >= 15 is 0 Å². The number of halogens is 1. The largest absolute Gasteiger partial charge is 0.385 e. The number of hydrogen-bond donors (Lipinski definition) is 1. The summed E-state index contributed by atoms with van der Waals surface area (Å²) in [5.41, 5.74) is 2.28. The smallest absolute Gasteiger partial charge is 0.153 e. The molecule has 0 radical (unpaired) electrons. The maximum absolute atomic E-state index is 11.1. The molecule has 0 amide bonds. The zero-order valence-corrected chi connectivity index (χ0v) is 15.7. The number of rotatable bonds is 2. The predicted octanol–water partition coefficient (Wildman–Crippen LogP) is 4.69. The number of anilines is 1. The molecule has 1 aliphatic rings. The highest BCUT2D eigenvalue weighted by Gasteiger charge is 2.35. The van der Waals surface area contributed by atoms with E-state index in [1.165, 1.54) is 4.83 Å². The van der Waals surface area contributed by atoms with E-state index in [9.17, 15) is 5.11 Å². The van der Waals surface area contributed by atoms with Crippen LogP contribution in [-0.2, 0) is 5.60 Å². The Balaban J connectivity index is 1.47. The maximum Gasteiger partial charge on any atom is 0.153 e. The molecule has 1 aromatic carbocycles. The van der Waals surface area contributed by atoms with Crippen LogP contribution in [0.1, 0.15) is 18.4 Å². The normalized spacial score (nSPS) is 17.2. The highest BCUT2D eigenvalue weighted by atomic mass is 35.5. The molecule has 4 heterocycles. The van der Waals surface area contributed by atoms with Crippen LogP contribution in [0.4, 0.5) is 5.82 Å². The molecule has 0 aliphatic carbocycles. The van der Waals surface area contributed by atoms with Crippen molar-refractivity contribution in [2.75, 3.05) is 18.0 Å². The number of thiophene rings is 1. The Hall–Kier alpha value is -2.08. The summed E-state index contributed by atoms with van der Waals surface area (Å²) in [6.45, 7) is 1.53. The van der Waals surface area contributed by atoms with Gasteiger partial charge in [-0.1, -0.05) is 23.7 Å². The van der Waals surface area contributed by atoms with Gasteiger partial charge in [0.05, 0.1) is 11.1 Å². The lowest BCUT2D eigenvalue weighted by atomic mass is 9.84. The van der Waals surface area contributed by atoms with Crippen molar-refractivity contribution in [1.82, 2.24) is 9.38 Å². The third-order valence-corrected chi connectivity index (χ3v) is 6.47. The van der Waals surface area contributed by atoms with Crippen LogP contribution in [0.15, 0.2) is 54.0 Å². The van der Waals surface area contributed by atoms with Gasteiger partial charge < -0.3 is 14.4 Å². The van der Waals surface area contributed by atoms with Gasteiger partial charge in [0.15, 0.2) is 5.82 Å². The topological polar surface area (TPSA) is 40.8 Å². The number of aromatic nitrogens is 2. The van der Waals surface area contributed by atoms with Crippen LogP contribution in [0.25, 0.3) is 15.9 Å². The maximum atomic E-state index is 11.1. The Kier molecular flexibility index (Phi) is 3.71. The molecule has 1 fully saturated rings. The van der Waals surface area contributed by atoms with Crippen molar-refractivity contribution in [3.05, 3.63) is 64.6 Å². The summed E-state index contributed by atoms with van der Waals surface area (Å²) in [5.74, 6) is 0.999. The summed E-state index contributed by atoms with van der Waals surface area (Å²) in [6, 6.07) is 13.8. The second-order valence-electron chi connectivity index (χ2n) is 6.84. The molecule has 26 heavy (non-hydrogen) atoms. The van der Waals surface area contributed by atoms with Gasteiger partial charge in [0, 0.05) is 24.3 Å². The number of nitrogens with zero attached hydrogens (tertiary/aromatic N) is 3. The number of fused-ring (bicyclic) bond motifs is 3. The highest BCUT2D eigenvalue weighted by molar-refractivity contribution is 7.16. The van der Waals surface area contributed by atoms with Crippen molar-refractivity contribution in [3.63, 3.8) is 0 Å². The molecule has 0 bridgehead atoms. The highest BCUT2D eigenvalue weighted by Crippen LogP contribution is 2.36. The first-order chi connectivity index (χ1) is 12.6. The van der Waals surface area contributed by atoms with Gasteiger partial charge in [-0.2, -0.15) is 0 Å². The van der Waals surface area contributed by atoms with Crippen LogP contribution in [0.3, 0.4) is 0 Å². The average Bonchev–Trinajstić information content (AvgIpc) is 3.31. The Bertz CT molecular complexity index is 1080. The Morgan fingerprint density at radius 2 is 1.85 bits per heavy atom. The van der Waals surface area contributed by atoms with Crippen molar-refractivity contribution in [2.24, 2.45) is 0 Å². The van der Waals surface area contributed by atoms with Gasteiger partial charge in [0.1, 0.15) is 10.3 Å². The Morgan fingerprint density at radius 3 is 2.62 bits per heavy atom. The molecule has 4 aromatic rings. The zero-order chi connectivity index (χ0) is 17.7. The minimum atomic E-state index is -0.800. The molecule has 0 saturated carbocycles. The minimum Gasteiger partial charge on any atom is -0.385 e. The summed E-state index contributed by atoms with van der Waals surface area (Å²) >= 11 is 7.69. The van der Waals surface area contributed by atoms with Gasteiger partial charge in [-0.05, 0) is 54.1 Å². The van der Waals surface area contributed by atoms with Gasteiger partial charge in [-0.3, -0.25) is 0 Å². The van der Waals surface area contributed by atoms with Crippen LogP contribution in [0.2, 0.25) is 5.02 Å². The third-order valence-electron chi connectivity index (χ3n) is 5.32. The first-order valence-electron chi connectivity index (χ1n) is 8.72. The third kappa shape index (κ3) is 2.50. The number of hydrogen-bond acceptors (Lipinski definition) is 4. The van der Waals surface area contributed by atoms with Gasteiger partial charge in [0.25, 0.3) is 0 Å². The summed E-state index contributed by atoms with van der Waals surface area (Å²) in [6.07, 6.45) is 3.43. The Labute approximate surface area is 160 Å². The molecule has 132 valence electrons. The quantitative estimate of drug-likeness (QED) is 0.546. The standard InChI is InChI=1S/C20H18ClN3OS/c21-15-5-3-14(4-6-15)20(25)8-11-23(12-9-20)18-17-2-1-10-24(17)19-16(22-18)7-13-26-19/h1-7,10,13,25H,8-9,11-12H2. The second-order valence-corrected chi connectivity index (χ2v) is 8.17. The molecule has 0 spiro atoms. The SMILES string of the molecule is OC1(c2ccc(Cl)cc2)CCN(c2nc3ccsc3n3cccc23)CC1. The molecule has 1 saturated heterocycles. The van der Waals surface area contributed by atoms with Gasteiger partial charge >= 0.3 is 0 Å². The van der Waals surface area contributed by atoms with Crippen molar-refractivity contribution in [1.29, 1.82) is 0 Å². The molecule has 3 aromatic heterocycles. The van der Waals surface area contributed by atoms with E-state index in [-0.39, 0.29) is 0 Å². The van der Waals surface area contributed by atoms with Crippen LogP contribution in [0, 0.1) is 0 Å². The first kappa shape index (κ1) is 16.1. The fourth-order valence-corrected chi connectivity index (χ4v) is 4.80. The number of benzene rings is 1. The van der Waals surface area contributed by atoms with E-state index in [1.54, 1.807) is 11.3 Å². The molecule has 0 unspecified atom stereocenters.